The first-order valence-electron chi connectivity index (χ1n) is 6.79. The third-order valence-corrected chi connectivity index (χ3v) is 4.01. The molecule has 0 unspecified atom stereocenters. The molecule has 0 fully saturated rings. The number of benzene rings is 1. The van der Waals surface area contributed by atoms with E-state index in [1.807, 2.05) is 0 Å². The van der Waals surface area contributed by atoms with Gasteiger partial charge in [0.15, 0.2) is 11.7 Å². The minimum absolute atomic E-state index is 0.0807. The molecule has 1 amide bonds. The van der Waals surface area contributed by atoms with Crippen molar-refractivity contribution in [2.24, 2.45) is 0 Å². The Morgan fingerprint density at radius 3 is 2.75 bits per heavy atom. The van der Waals surface area contributed by atoms with E-state index in [1.165, 1.54) is 41.7 Å². The van der Waals surface area contributed by atoms with Crippen LogP contribution >= 0.6 is 11.3 Å². The third-order valence-electron chi connectivity index (χ3n) is 3.17. The maximum atomic E-state index is 13.6. The highest BCUT2D eigenvalue weighted by atomic mass is 32.1. The molecule has 0 aliphatic carbocycles. The number of ether oxygens (including phenoxy) is 1. The van der Waals surface area contributed by atoms with Crippen molar-refractivity contribution in [2.45, 2.75) is 0 Å². The molecule has 2 heterocycles. The van der Waals surface area contributed by atoms with E-state index < -0.39 is 24.3 Å². The summed E-state index contributed by atoms with van der Waals surface area (Å²) in [5.41, 5.74) is 0.364. The molecule has 0 bridgehead atoms. The van der Waals surface area contributed by atoms with Gasteiger partial charge in [-0.05, 0) is 6.07 Å². The number of nitrogens with zero attached hydrogens (tertiary/aromatic N) is 4. The highest BCUT2D eigenvalue weighted by Crippen LogP contribution is 2.18. The number of rotatable bonds is 4. The summed E-state index contributed by atoms with van der Waals surface area (Å²) < 4.78 is 18.6. The molecule has 1 aromatic carbocycles. The average molecular weight is 346 g/mol. The first-order valence-corrected chi connectivity index (χ1v) is 7.67. The Morgan fingerprint density at radius 2 is 2.00 bits per heavy atom. The Balaban J connectivity index is 1.75. The first kappa shape index (κ1) is 15.9. The van der Waals surface area contributed by atoms with Crippen LogP contribution in [0, 0.1) is 5.82 Å². The van der Waals surface area contributed by atoms with Crippen molar-refractivity contribution >= 4 is 39.4 Å². The molecule has 0 radical (unpaired) electrons. The van der Waals surface area contributed by atoms with Crippen molar-refractivity contribution in [3.8, 4) is 0 Å². The fourth-order valence-electron chi connectivity index (χ4n) is 1.99. The minimum atomic E-state index is -0.846. The number of anilines is 1. The van der Waals surface area contributed by atoms with E-state index in [4.69, 9.17) is 4.74 Å². The van der Waals surface area contributed by atoms with Crippen molar-refractivity contribution in [1.29, 1.82) is 0 Å². The molecular weight excluding hydrogens is 335 g/mol. The van der Waals surface area contributed by atoms with Crippen molar-refractivity contribution in [1.82, 2.24) is 15.0 Å². The fraction of sp³-hybridized carbons (Fsp3) is 0.133. The molecule has 0 saturated carbocycles. The van der Waals surface area contributed by atoms with Gasteiger partial charge in [-0.1, -0.05) is 0 Å². The number of halogens is 1. The zero-order valence-electron chi connectivity index (χ0n) is 12.5. The van der Waals surface area contributed by atoms with Crippen LogP contribution in [0.5, 0.6) is 0 Å². The maximum Gasteiger partial charge on any atom is 0.341 e. The highest BCUT2D eigenvalue weighted by Gasteiger charge is 2.19. The average Bonchev–Trinajstić information content (AvgIpc) is 3.12. The van der Waals surface area contributed by atoms with E-state index in [9.17, 15) is 14.0 Å². The molecule has 0 N–H and O–H groups in total. The largest absolute Gasteiger partial charge is 0.452 e. The molecule has 0 atom stereocenters. The lowest BCUT2D eigenvalue weighted by Crippen LogP contribution is -2.31. The molecule has 3 rings (SSSR count). The zero-order chi connectivity index (χ0) is 17.1. The molecule has 2 aromatic heterocycles. The van der Waals surface area contributed by atoms with Crippen LogP contribution in [-0.2, 0) is 9.53 Å². The fourth-order valence-corrected chi connectivity index (χ4v) is 2.61. The van der Waals surface area contributed by atoms with E-state index in [-0.39, 0.29) is 16.6 Å². The van der Waals surface area contributed by atoms with Gasteiger partial charge in [-0.25, -0.2) is 14.2 Å². The third kappa shape index (κ3) is 3.20. The number of likely N-dealkylation sites (N-methyl/N-ethyl adjacent to an activating group) is 1. The Bertz CT molecular complexity index is 901. The number of hydrogen-bond donors (Lipinski definition) is 0. The lowest BCUT2D eigenvalue weighted by molar-refractivity contribution is -0.121. The predicted octanol–water partition coefficient (Wildman–Crippen LogP) is 2.05. The zero-order valence-corrected chi connectivity index (χ0v) is 13.3. The van der Waals surface area contributed by atoms with Crippen molar-refractivity contribution in [3.05, 3.63) is 47.5 Å². The summed E-state index contributed by atoms with van der Waals surface area (Å²) in [7, 11) is 1.53. The molecule has 0 spiro atoms. The van der Waals surface area contributed by atoms with Gasteiger partial charge in [-0.15, -0.1) is 11.3 Å². The molecule has 122 valence electrons. The molecular formula is C15H11FN4O3S. The summed E-state index contributed by atoms with van der Waals surface area (Å²) in [6.45, 7) is -0.493. The SMILES string of the molecule is CN(C(=O)COC(=O)c1cc(F)cc2nccnc12)c1nccs1. The summed E-state index contributed by atoms with van der Waals surface area (Å²) in [6, 6.07) is 2.18. The molecule has 9 heteroatoms. The second-order valence-electron chi connectivity index (χ2n) is 4.72. The van der Waals surface area contributed by atoms with E-state index in [0.29, 0.717) is 5.13 Å². The smallest absolute Gasteiger partial charge is 0.341 e. The first-order chi connectivity index (χ1) is 11.6. The quantitative estimate of drug-likeness (QED) is 0.672. The Morgan fingerprint density at radius 1 is 1.21 bits per heavy atom. The monoisotopic (exact) mass is 346 g/mol. The van der Waals surface area contributed by atoms with Crippen LogP contribution in [0.25, 0.3) is 11.0 Å². The van der Waals surface area contributed by atoms with Crippen LogP contribution in [0.2, 0.25) is 0 Å². The van der Waals surface area contributed by atoms with Gasteiger partial charge in [0.05, 0.1) is 11.1 Å². The van der Waals surface area contributed by atoms with Crippen LogP contribution in [0.3, 0.4) is 0 Å². The molecule has 0 aliphatic rings. The minimum Gasteiger partial charge on any atom is -0.452 e. The summed E-state index contributed by atoms with van der Waals surface area (Å²) in [6.07, 6.45) is 4.34. The Hall–Kier alpha value is -2.94. The van der Waals surface area contributed by atoms with E-state index in [2.05, 4.69) is 15.0 Å². The number of amides is 1. The van der Waals surface area contributed by atoms with Gasteiger partial charge < -0.3 is 4.74 Å². The molecule has 0 aliphatic heterocycles. The molecule has 0 saturated heterocycles. The lowest BCUT2D eigenvalue weighted by Gasteiger charge is -2.13. The number of esters is 1. The number of carbonyl (C=O) groups is 2. The summed E-state index contributed by atoms with van der Waals surface area (Å²) in [4.78, 5) is 37.4. The van der Waals surface area contributed by atoms with Gasteiger partial charge in [-0.2, -0.15) is 0 Å². The van der Waals surface area contributed by atoms with Crippen LogP contribution in [-0.4, -0.2) is 40.5 Å². The van der Waals surface area contributed by atoms with Crippen LogP contribution in [0.1, 0.15) is 10.4 Å². The van der Waals surface area contributed by atoms with Gasteiger partial charge in [0.25, 0.3) is 5.91 Å². The van der Waals surface area contributed by atoms with E-state index >= 15 is 0 Å². The number of aromatic nitrogens is 3. The van der Waals surface area contributed by atoms with Crippen LogP contribution < -0.4 is 4.90 Å². The van der Waals surface area contributed by atoms with Gasteiger partial charge in [-0.3, -0.25) is 19.7 Å². The second kappa shape index (κ2) is 6.67. The van der Waals surface area contributed by atoms with Crippen molar-refractivity contribution < 1.29 is 18.7 Å². The predicted molar refractivity (Wildman–Crippen MR) is 85.3 cm³/mol. The Kier molecular flexibility index (Phi) is 4.43. The van der Waals surface area contributed by atoms with Crippen molar-refractivity contribution in [3.63, 3.8) is 0 Å². The normalized spacial score (nSPS) is 10.6. The number of fused-ring (bicyclic) bond motifs is 1. The van der Waals surface area contributed by atoms with Gasteiger partial charge >= 0.3 is 5.97 Å². The maximum absolute atomic E-state index is 13.6. The van der Waals surface area contributed by atoms with Crippen LogP contribution in [0.4, 0.5) is 9.52 Å². The van der Waals surface area contributed by atoms with Gasteiger partial charge in [0.1, 0.15) is 11.3 Å². The topological polar surface area (TPSA) is 85.3 Å². The molecule has 3 aromatic rings. The summed E-state index contributed by atoms with van der Waals surface area (Å²) >= 11 is 1.28. The van der Waals surface area contributed by atoms with Gasteiger partial charge in [0, 0.05) is 37.1 Å². The second-order valence-corrected chi connectivity index (χ2v) is 5.59. The molecule has 7 nitrogen and oxygen atoms in total. The molecule has 24 heavy (non-hydrogen) atoms. The number of thiazole rings is 1. The van der Waals surface area contributed by atoms with E-state index in [1.54, 1.807) is 11.6 Å². The lowest BCUT2D eigenvalue weighted by atomic mass is 10.1. The summed E-state index contributed by atoms with van der Waals surface area (Å²) in [5.74, 6) is -1.94. The van der Waals surface area contributed by atoms with Gasteiger partial charge in [0.2, 0.25) is 0 Å². The Labute approximate surface area is 139 Å². The van der Waals surface area contributed by atoms with E-state index in [0.717, 1.165) is 6.07 Å². The van der Waals surface area contributed by atoms with Crippen LogP contribution in [0.15, 0.2) is 36.1 Å². The standard InChI is InChI=1S/C15H11FN4O3S/c1-20(15-19-4-5-24-15)12(21)8-23-14(22)10-6-9(16)7-11-13(10)18-3-2-17-11/h2-7H,8H2,1H3. The van der Waals surface area contributed by atoms with Crippen molar-refractivity contribution in [2.75, 3.05) is 18.6 Å². The highest BCUT2D eigenvalue weighted by molar-refractivity contribution is 7.13. The number of carbonyl (C=O) groups excluding carboxylic acids is 2. The summed E-state index contributed by atoms with van der Waals surface area (Å²) in [5, 5.41) is 2.21. The number of hydrogen-bond acceptors (Lipinski definition) is 7.